The number of nitrogens with zero attached hydrogens (tertiary/aromatic N) is 4. The van der Waals surface area contributed by atoms with Crippen LogP contribution in [0, 0.1) is 0 Å². The summed E-state index contributed by atoms with van der Waals surface area (Å²) in [6.45, 7) is 3.67. The Morgan fingerprint density at radius 3 is 2.68 bits per heavy atom. The molecule has 9 nitrogen and oxygen atoms in total. The molecule has 1 amide bonds. The second-order valence-electron chi connectivity index (χ2n) is 6.68. The van der Waals surface area contributed by atoms with Gasteiger partial charge in [0.25, 0.3) is 5.91 Å². The van der Waals surface area contributed by atoms with Crippen LogP contribution in [0.15, 0.2) is 47.7 Å². The molecule has 0 bridgehead atoms. The van der Waals surface area contributed by atoms with Crippen LogP contribution in [-0.2, 0) is 9.63 Å². The van der Waals surface area contributed by atoms with Gasteiger partial charge < -0.3 is 10.6 Å². The number of amides is 1. The number of pyridine rings is 1. The highest BCUT2D eigenvalue weighted by Crippen LogP contribution is 2.25. The predicted molar refractivity (Wildman–Crippen MR) is 104 cm³/mol. The third kappa shape index (κ3) is 4.79. The van der Waals surface area contributed by atoms with Gasteiger partial charge in [0.2, 0.25) is 5.96 Å². The van der Waals surface area contributed by atoms with Crippen molar-refractivity contribution < 1.29 is 27.6 Å². The number of nitrogens with two attached hydrogens (primary N) is 1. The highest BCUT2D eigenvalue weighted by Gasteiger charge is 2.41. The van der Waals surface area contributed by atoms with Gasteiger partial charge in [0.15, 0.2) is 0 Å². The molecule has 2 heterocycles. The Morgan fingerprint density at radius 1 is 1.26 bits per heavy atom. The number of benzene rings is 1. The zero-order valence-corrected chi connectivity index (χ0v) is 16.3. The number of carbonyl (C=O) groups is 2. The van der Waals surface area contributed by atoms with Crippen LogP contribution < -0.4 is 11.2 Å². The molecular formula is C19H17F3N6O3. The lowest BCUT2D eigenvalue weighted by atomic mass is 10.0. The van der Waals surface area contributed by atoms with E-state index in [4.69, 9.17) is 5.73 Å². The first-order valence-electron chi connectivity index (χ1n) is 8.93. The summed E-state index contributed by atoms with van der Waals surface area (Å²) in [6, 6.07) is 9.13. The number of fused-ring (bicyclic) bond motifs is 1. The van der Waals surface area contributed by atoms with Crippen molar-refractivity contribution in [3.8, 4) is 5.69 Å². The molecule has 162 valence electrons. The molecule has 0 saturated carbocycles. The Labute approximate surface area is 173 Å². The molecule has 0 radical (unpaired) electrons. The van der Waals surface area contributed by atoms with Gasteiger partial charge in [-0.15, -0.1) is 0 Å². The first-order chi connectivity index (χ1) is 14.6. The monoisotopic (exact) mass is 434 g/mol. The lowest BCUT2D eigenvalue weighted by molar-refractivity contribution is -0.203. The SMILES string of the molecule is CC(C)c1c(C(=O)N=C(N)NOC(=O)C(F)(F)F)cnn1-c1ccc2ncccc2c1. The molecule has 2 aromatic heterocycles. The number of rotatable bonds is 3. The maximum absolute atomic E-state index is 12.5. The smallest absolute Gasteiger partial charge is 0.367 e. The lowest BCUT2D eigenvalue weighted by Crippen LogP contribution is -2.38. The molecule has 3 N–H and O–H groups in total. The number of aliphatic imine (C=N–C) groups is 1. The number of carbonyl (C=O) groups excluding carboxylic acids is 2. The number of halogens is 3. The highest BCUT2D eigenvalue weighted by molar-refractivity contribution is 6.03. The molecule has 3 aromatic rings. The summed E-state index contributed by atoms with van der Waals surface area (Å²) in [7, 11) is 0. The average molecular weight is 434 g/mol. The highest BCUT2D eigenvalue weighted by atomic mass is 19.4. The van der Waals surface area contributed by atoms with Gasteiger partial charge in [-0.3, -0.25) is 9.78 Å². The van der Waals surface area contributed by atoms with Crippen molar-refractivity contribution in [2.75, 3.05) is 0 Å². The minimum atomic E-state index is -5.22. The van der Waals surface area contributed by atoms with Crippen molar-refractivity contribution in [3.05, 3.63) is 54.0 Å². The summed E-state index contributed by atoms with van der Waals surface area (Å²) in [5.41, 5.74) is 8.92. The Morgan fingerprint density at radius 2 is 2.00 bits per heavy atom. The minimum Gasteiger partial charge on any atom is -0.367 e. The fraction of sp³-hybridized carbons (Fsp3) is 0.211. The molecule has 0 aliphatic rings. The van der Waals surface area contributed by atoms with Crippen LogP contribution in [0.1, 0.15) is 35.8 Å². The third-order valence-electron chi connectivity index (χ3n) is 4.12. The van der Waals surface area contributed by atoms with Crippen LogP contribution in [0.3, 0.4) is 0 Å². The van der Waals surface area contributed by atoms with Crippen LogP contribution in [0.25, 0.3) is 16.6 Å². The molecule has 3 rings (SSSR count). The molecule has 1 aromatic carbocycles. The van der Waals surface area contributed by atoms with Gasteiger partial charge in [0.05, 0.1) is 28.7 Å². The molecule has 0 aliphatic heterocycles. The van der Waals surface area contributed by atoms with E-state index >= 15 is 0 Å². The number of hydrogen-bond donors (Lipinski definition) is 2. The van der Waals surface area contributed by atoms with E-state index in [2.05, 4.69) is 19.9 Å². The maximum Gasteiger partial charge on any atom is 0.493 e. The van der Waals surface area contributed by atoms with Gasteiger partial charge >= 0.3 is 12.1 Å². The van der Waals surface area contributed by atoms with E-state index in [1.54, 1.807) is 23.0 Å². The quantitative estimate of drug-likeness (QED) is 0.369. The first kappa shape index (κ1) is 21.7. The molecule has 0 fully saturated rings. The van der Waals surface area contributed by atoms with Gasteiger partial charge in [0, 0.05) is 11.6 Å². The molecule has 0 atom stereocenters. The van der Waals surface area contributed by atoms with Crippen molar-refractivity contribution in [2.24, 2.45) is 10.7 Å². The van der Waals surface area contributed by atoms with Crippen molar-refractivity contribution in [1.29, 1.82) is 0 Å². The van der Waals surface area contributed by atoms with Gasteiger partial charge in [-0.25, -0.2) is 9.48 Å². The summed E-state index contributed by atoms with van der Waals surface area (Å²) in [5.74, 6) is -4.38. The van der Waals surface area contributed by atoms with Gasteiger partial charge in [0.1, 0.15) is 0 Å². The Kier molecular flexibility index (Phi) is 5.90. The van der Waals surface area contributed by atoms with E-state index < -0.39 is 24.0 Å². The van der Waals surface area contributed by atoms with Gasteiger partial charge in [-0.1, -0.05) is 19.9 Å². The number of guanidine groups is 1. The summed E-state index contributed by atoms with van der Waals surface area (Å²) in [4.78, 5) is 34.7. The maximum atomic E-state index is 12.5. The molecule has 0 spiro atoms. The fourth-order valence-electron chi connectivity index (χ4n) is 2.83. The summed E-state index contributed by atoms with van der Waals surface area (Å²) in [6.07, 6.45) is -2.27. The lowest BCUT2D eigenvalue weighted by Gasteiger charge is -2.12. The first-order valence-corrected chi connectivity index (χ1v) is 8.93. The Hall–Kier alpha value is -3.96. The zero-order chi connectivity index (χ0) is 22.8. The van der Waals surface area contributed by atoms with E-state index in [1.165, 1.54) is 11.7 Å². The number of nitrogens with one attached hydrogen (secondary N) is 1. The third-order valence-corrected chi connectivity index (χ3v) is 4.12. The zero-order valence-electron chi connectivity index (χ0n) is 16.3. The van der Waals surface area contributed by atoms with E-state index in [9.17, 15) is 22.8 Å². The molecule has 31 heavy (non-hydrogen) atoms. The van der Waals surface area contributed by atoms with E-state index in [0.29, 0.717) is 11.4 Å². The van der Waals surface area contributed by atoms with Crippen LogP contribution >= 0.6 is 0 Å². The summed E-state index contributed by atoms with van der Waals surface area (Å²) >= 11 is 0. The molecule has 0 saturated heterocycles. The molecular weight excluding hydrogens is 417 g/mol. The normalized spacial score (nSPS) is 12.3. The average Bonchev–Trinajstić information content (AvgIpc) is 3.16. The molecule has 0 unspecified atom stereocenters. The van der Waals surface area contributed by atoms with Gasteiger partial charge in [-0.2, -0.15) is 28.7 Å². The number of alkyl halides is 3. The largest absolute Gasteiger partial charge is 0.493 e. The van der Waals surface area contributed by atoms with Crippen LogP contribution in [-0.4, -0.2) is 38.8 Å². The van der Waals surface area contributed by atoms with Crippen molar-refractivity contribution in [2.45, 2.75) is 25.9 Å². The summed E-state index contributed by atoms with van der Waals surface area (Å²) in [5, 5.41) is 5.13. The standard InChI is InChI=1S/C19H17F3N6O3/c1-10(2)15-13(16(29)26-18(23)27-31-17(30)19(20,21)22)9-25-28(15)12-5-6-14-11(8-12)4-3-7-24-14/h3-10H,1-2H3,(H3,23,26,27,29). The van der Waals surface area contributed by atoms with Crippen LogP contribution in [0.4, 0.5) is 13.2 Å². The van der Waals surface area contributed by atoms with Crippen molar-refractivity contribution in [1.82, 2.24) is 20.2 Å². The van der Waals surface area contributed by atoms with Crippen molar-refractivity contribution in [3.63, 3.8) is 0 Å². The van der Waals surface area contributed by atoms with E-state index in [-0.39, 0.29) is 11.5 Å². The molecule has 12 heteroatoms. The van der Waals surface area contributed by atoms with Crippen LogP contribution in [0.2, 0.25) is 0 Å². The topological polar surface area (TPSA) is 124 Å². The van der Waals surface area contributed by atoms with Gasteiger partial charge in [-0.05, 0) is 30.2 Å². The number of hydroxylamine groups is 1. The number of aromatic nitrogens is 3. The summed E-state index contributed by atoms with van der Waals surface area (Å²) < 4.78 is 38.0. The van der Waals surface area contributed by atoms with Crippen molar-refractivity contribution >= 4 is 28.7 Å². The second kappa shape index (κ2) is 8.42. The Bertz CT molecular complexity index is 1170. The van der Waals surface area contributed by atoms with E-state index in [0.717, 1.165) is 10.9 Å². The molecule has 0 aliphatic carbocycles. The van der Waals surface area contributed by atoms with Crippen LogP contribution in [0.5, 0.6) is 0 Å². The fourth-order valence-corrected chi connectivity index (χ4v) is 2.83. The second-order valence-corrected chi connectivity index (χ2v) is 6.68. The number of hydrogen-bond acceptors (Lipinski definition) is 5. The minimum absolute atomic E-state index is 0.0909. The Balaban J connectivity index is 1.89. The van der Waals surface area contributed by atoms with E-state index in [1.807, 2.05) is 32.0 Å². The predicted octanol–water partition coefficient (Wildman–Crippen LogP) is 2.61.